The van der Waals surface area contributed by atoms with Gasteiger partial charge in [0.15, 0.2) is 5.69 Å². The average Bonchev–Trinajstić information content (AvgIpc) is 3.34. The Morgan fingerprint density at radius 1 is 1.14 bits per heavy atom. The maximum Gasteiger partial charge on any atom is 0.272 e. The molecule has 0 aliphatic heterocycles. The summed E-state index contributed by atoms with van der Waals surface area (Å²) in [7, 11) is 0. The van der Waals surface area contributed by atoms with E-state index in [4.69, 9.17) is 0 Å². The Morgan fingerprint density at radius 3 is 2.62 bits per heavy atom. The predicted molar refractivity (Wildman–Crippen MR) is 82.1 cm³/mol. The van der Waals surface area contributed by atoms with Crippen LogP contribution in [0, 0.1) is 5.92 Å². The van der Waals surface area contributed by atoms with Crippen LogP contribution in [0.15, 0.2) is 12.3 Å². The van der Waals surface area contributed by atoms with Crippen LogP contribution in [0.25, 0.3) is 0 Å². The van der Waals surface area contributed by atoms with Crippen molar-refractivity contribution in [3.63, 3.8) is 0 Å². The van der Waals surface area contributed by atoms with E-state index in [-0.39, 0.29) is 5.91 Å². The van der Waals surface area contributed by atoms with Crippen LogP contribution in [-0.2, 0) is 0 Å². The highest BCUT2D eigenvalue weighted by atomic mass is 16.1. The first-order chi connectivity index (χ1) is 10.3. The van der Waals surface area contributed by atoms with Gasteiger partial charge in [0.1, 0.15) is 0 Å². The minimum Gasteiger partial charge on any atom is -0.351 e. The van der Waals surface area contributed by atoms with E-state index in [1.165, 1.54) is 51.4 Å². The summed E-state index contributed by atoms with van der Waals surface area (Å²) in [6.45, 7) is 0.768. The molecular formula is C17H25N3O. The third kappa shape index (κ3) is 4.02. The van der Waals surface area contributed by atoms with Gasteiger partial charge in [-0.2, -0.15) is 5.10 Å². The van der Waals surface area contributed by atoms with Gasteiger partial charge in [0.2, 0.25) is 0 Å². The molecule has 0 spiro atoms. The molecule has 114 valence electrons. The van der Waals surface area contributed by atoms with Gasteiger partial charge in [-0.1, -0.05) is 38.5 Å². The Hall–Kier alpha value is -1.45. The Balaban J connectivity index is 1.66. The van der Waals surface area contributed by atoms with Gasteiger partial charge in [0.25, 0.3) is 5.91 Å². The van der Waals surface area contributed by atoms with Crippen LogP contribution >= 0.6 is 0 Å². The lowest BCUT2D eigenvalue weighted by Gasteiger charge is -2.17. The van der Waals surface area contributed by atoms with Crippen molar-refractivity contribution in [3.05, 3.63) is 23.5 Å². The van der Waals surface area contributed by atoms with Crippen molar-refractivity contribution in [3.8, 4) is 0 Å². The summed E-state index contributed by atoms with van der Waals surface area (Å²) in [6.07, 6.45) is 13.0. The number of nitrogens with one attached hydrogen (secondary N) is 1. The zero-order valence-corrected chi connectivity index (χ0v) is 12.7. The lowest BCUT2D eigenvalue weighted by atomic mass is 9.91. The molecule has 2 aliphatic rings. The summed E-state index contributed by atoms with van der Waals surface area (Å²) in [5.74, 6) is 1.28. The molecule has 1 N–H and O–H groups in total. The fourth-order valence-electron chi connectivity index (χ4n) is 3.32. The summed E-state index contributed by atoms with van der Waals surface area (Å²) in [5, 5.41) is 11.1. The maximum absolute atomic E-state index is 12.4. The first-order valence-electron chi connectivity index (χ1n) is 8.44. The number of carbonyl (C=O) groups excluding carboxylic acids is 1. The van der Waals surface area contributed by atoms with Crippen molar-refractivity contribution in [1.29, 1.82) is 0 Å². The van der Waals surface area contributed by atoms with Crippen LogP contribution in [0.3, 0.4) is 0 Å². The molecule has 0 atom stereocenters. The smallest absolute Gasteiger partial charge is 0.272 e. The van der Waals surface area contributed by atoms with Crippen molar-refractivity contribution in [2.75, 3.05) is 6.54 Å². The average molecular weight is 287 g/mol. The number of hydrogen-bond acceptors (Lipinski definition) is 3. The Labute approximate surface area is 126 Å². The minimum absolute atomic E-state index is 0.0389. The third-order valence-electron chi connectivity index (χ3n) is 4.80. The predicted octanol–water partition coefficient (Wildman–Crippen LogP) is 3.44. The van der Waals surface area contributed by atoms with Crippen molar-refractivity contribution in [1.82, 2.24) is 15.5 Å². The van der Waals surface area contributed by atoms with E-state index in [0.717, 1.165) is 24.4 Å². The molecule has 0 unspecified atom stereocenters. The quantitative estimate of drug-likeness (QED) is 0.844. The highest BCUT2D eigenvalue weighted by molar-refractivity contribution is 5.93. The topological polar surface area (TPSA) is 54.9 Å². The molecule has 2 saturated carbocycles. The van der Waals surface area contributed by atoms with Gasteiger partial charge >= 0.3 is 0 Å². The van der Waals surface area contributed by atoms with Gasteiger partial charge in [-0.15, -0.1) is 5.10 Å². The molecule has 1 amide bonds. The van der Waals surface area contributed by atoms with Crippen molar-refractivity contribution >= 4 is 5.91 Å². The number of carbonyl (C=O) groups is 1. The molecule has 1 aromatic heterocycles. The molecule has 1 aromatic rings. The van der Waals surface area contributed by atoms with E-state index in [1.807, 2.05) is 6.07 Å². The number of rotatable bonds is 5. The molecule has 0 aromatic carbocycles. The largest absolute Gasteiger partial charge is 0.351 e. The molecule has 21 heavy (non-hydrogen) atoms. The van der Waals surface area contributed by atoms with Gasteiger partial charge in [0.05, 0.1) is 0 Å². The highest BCUT2D eigenvalue weighted by Gasteiger charge is 2.23. The van der Waals surface area contributed by atoms with Crippen LogP contribution in [-0.4, -0.2) is 22.6 Å². The zero-order valence-electron chi connectivity index (χ0n) is 12.7. The van der Waals surface area contributed by atoms with E-state index in [0.29, 0.717) is 11.6 Å². The van der Waals surface area contributed by atoms with E-state index < -0.39 is 0 Å². The van der Waals surface area contributed by atoms with E-state index in [1.54, 1.807) is 6.20 Å². The van der Waals surface area contributed by atoms with Crippen LogP contribution in [0.1, 0.15) is 79.8 Å². The fraction of sp³-hybridized carbons (Fsp3) is 0.706. The molecule has 4 nitrogen and oxygen atoms in total. The second kappa shape index (κ2) is 7.01. The number of aromatic nitrogens is 2. The zero-order chi connectivity index (χ0) is 14.5. The maximum atomic E-state index is 12.4. The summed E-state index contributed by atoms with van der Waals surface area (Å²) in [5.41, 5.74) is 1.66. The molecular weight excluding hydrogens is 262 g/mol. The summed E-state index contributed by atoms with van der Waals surface area (Å²) in [6, 6.07) is 2.00. The van der Waals surface area contributed by atoms with Crippen molar-refractivity contribution in [2.45, 2.75) is 63.7 Å². The normalized spacial score (nSPS) is 20.0. The number of hydrogen-bond donors (Lipinski definition) is 1. The second-order valence-corrected chi connectivity index (χ2v) is 6.51. The van der Waals surface area contributed by atoms with Gasteiger partial charge in [0, 0.05) is 12.7 Å². The molecule has 1 heterocycles. The van der Waals surface area contributed by atoms with Gasteiger partial charge < -0.3 is 5.32 Å². The Kier molecular flexibility index (Phi) is 4.84. The molecule has 0 radical (unpaired) electrons. The van der Waals surface area contributed by atoms with Crippen LogP contribution in [0.4, 0.5) is 0 Å². The summed E-state index contributed by atoms with van der Waals surface area (Å²) in [4.78, 5) is 12.4. The monoisotopic (exact) mass is 287 g/mol. The molecule has 2 fully saturated rings. The molecule has 0 saturated heterocycles. The fourth-order valence-corrected chi connectivity index (χ4v) is 3.32. The van der Waals surface area contributed by atoms with Gasteiger partial charge in [-0.25, -0.2) is 0 Å². The highest BCUT2D eigenvalue weighted by Crippen LogP contribution is 2.33. The Morgan fingerprint density at radius 2 is 1.90 bits per heavy atom. The van der Waals surface area contributed by atoms with Crippen LogP contribution in [0.2, 0.25) is 0 Å². The third-order valence-corrected chi connectivity index (χ3v) is 4.80. The first-order valence-corrected chi connectivity index (χ1v) is 8.44. The van der Waals surface area contributed by atoms with Gasteiger partial charge in [-0.3, -0.25) is 4.79 Å². The lowest BCUT2D eigenvalue weighted by Crippen LogP contribution is -2.27. The summed E-state index contributed by atoms with van der Waals surface area (Å²) >= 11 is 0. The summed E-state index contributed by atoms with van der Waals surface area (Å²) < 4.78 is 0. The SMILES string of the molecule is O=C(NCCC1CC1)c1nnccc1C1CCCCCC1. The second-order valence-electron chi connectivity index (χ2n) is 6.51. The first kappa shape index (κ1) is 14.5. The standard InChI is InChI=1S/C17H25N3O/c21-17(18-11-9-13-7-8-13)16-15(10-12-19-20-16)14-5-3-1-2-4-6-14/h10,12-14H,1-9,11H2,(H,18,21). The van der Waals surface area contributed by atoms with E-state index in [2.05, 4.69) is 15.5 Å². The Bertz CT molecular complexity index is 477. The minimum atomic E-state index is -0.0389. The van der Waals surface area contributed by atoms with Gasteiger partial charge in [-0.05, 0) is 42.7 Å². The number of nitrogens with zero attached hydrogens (tertiary/aromatic N) is 2. The van der Waals surface area contributed by atoms with Crippen molar-refractivity contribution in [2.24, 2.45) is 5.92 Å². The molecule has 3 rings (SSSR count). The van der Waals surface area contributed by atoms with Crippen LogP contribution < -0.4 is 5.32 Å². The molecule has 4 heteroatoms. The number of amides is 1. The van der Waals surface area contributed by atoms with Crippen molar-refractivity contribution < 1.29 is 4.79 Å². The molecule has 2 aliphatic carbocycles. The lowest BCUT2D eigenvalue weighted by molar-refractivity contribution is 0.0945. The van der Waals surface area contributed by atoms with E-state index in [9.17, 15) is 4.79 Å². The van der Waals surface area contributed by atoms with E-state index >= 15 is 0 Å². The molecule has 0 bridgehead atoms. The van der Waals surface area contributed by atoms with Crippen LogP contribution in [0.5, 0.6) is 0 Å².